The molecule has 0 aliphatic carbocycles. The minimum atomic E-state index is 0.543. The minimum absolute atomic E-state index is 0.543. The summed E-state index contributed by atoms with van der Waals surface area (Å²) in [6, 6.07) is 15.2. The second-order valence-corrected chi connectivity index (χ2v) is 7.28. The summed E-state index contributed by atoms with van der Waals surface area (Å²) >= 11 is 0. The van der Waals surface area contributed by atoms with Crippen molar-refractivity contribution in [1.82, 2.24) is 10.2 Å². The minimum Gasteiger partial charge on any atom is -0.493 e. The lowest BCUT2D eigenvalue weighted by Crippen LogP contribution is -2.37. The Labute approximate surface area is 163 Å². The van der Waals surface area contributed by atoms with Gasteiger partial charge in [-0.2, -0.15) is 0 Å². The first-order valence-corrected chi connectivity index (χ1v) is 10.00. The van der Waals surface area contributed by atoms with E-state index in [4.69, 9.17) is 9.47 Å². The lowest BCUT2D eigenvalue weighted by molar-refractivity contribution is 0.258. The maximum Gasteiger partial charge on any atom is 0.166 e. The number of likely N-dealkylation sites (N-methyl/N-ethyl adjacent to an activating group) is 1. The highest BCUT2D eigenvalue weighted by Gasteiger charge is 2.22. The molecular formula is C23H32N2O2. The van der Waals surface area contributed by atoms with Crippen LogP contribution in [0.2, 0.25) is 0 Å². The van der Waals surface area contributed by atoms with E-state index >= 15 is 0 Å². The van der Waals surface area contributed by atoms with Crippen molar-refractivity contribution in [2.24, 2.45) is 0 Å². The highest BCUT2D eigenvalue weighted by Crippen LogP contribution is 2.32. The Morgan fingerprint density at radius 2 is 2.04 bits per heavy atom. The Kier molecular flexibility index (Phi) is 7.13. The average Bonchev–Trinajstić information content (AvgIpc) is 3.14. The fourth-order valence-corrected chi connectivity index (χ4v) is 3.90. The third-order valence-electron chi connectivity index (χ3n) is 5.35. The van der Waals surface area contributed by atoms with Crippen molar-refractivity contribution in [2.45, 2.75) is 45.9 Å². The number of para-hydroxylation sites is 1. The van der Waals surface area contributed by atoms with E-state index in [1.165, 1.54) is 30.5 Å². The van der Waals surface area contributed by atoms with Gasteiger partial charge >= 0.3 is 0 Å². The number of ether oxygens (including phenoxy) is 2. The number of nitrogens with zero attached hydrogens (tertiary/aromatic N) is 1. The van der Waals surface area contributed by atoms with Crippen molar-refractivity contribution in [3.8, 4) is 11.5 Å². The normalized spacial score (nSPS) is 17.2. The zero-order valence-corrected chi connectivity index (χ0v) is 16.8. The second kappa shape index (κ2) is 9.77. The lowest BCUT2D eigenvalue weighted by Gasteiger charge is -2.23. The maximum absolute atomic E-state index is 6.19. The van der Waals surface area contributed by atoms with E-state index in [0.29, 0.717) is 12.6 Å². The fourth-order valence-electron chi connectivity index (χ4n) is 3.90. The molecule has 1 aliphatic rings. The molecule has 4 nitrogen and oxygen atoms in total. The Bertz CT molecular complexity index is 732. The summed E-state index contributed by atoms with van der Waals surface area (Å²) in [5.74, 6) is 1.63. The maximum atomic E-state index is 6.19. The van der Waals surface area contributed by atoms with E-state index in [1.54, 1.807) is 7.11 Å². The Balaban J connectivity index is 1.64. The van der Waals surface area contributed by atoms with Gasteiger partial charge in [0.15, 0.2) is 11.5 Å². The van der Waals surface area contributed by atoms with Crippen LogP contribution in [0.1, 0.15) is 36.5 Å². The van der Waals surface area contributed by atoms with Gasteiger partial charge in [0.05, 0.1) is 7.11 Å². The Morgan fingerprint density at radius 3 is 2.81 bits per heavy atom. The quantitative estimate of drug-likeness (QED) is 0.721. The highest BCUT2D eigenvalue weighted by atomic mass is 16.5. The molecule has 2 aromatic carbocycles. The van der Waals surface area contributed by atoms with Gasteiger partial charge in [0.25, 0.3) is 0 Å². The number of hydrogen-bond donors (Lipinski definition) is 1. The Hall–Kier alpha value is -2.04. The van der Waals surface area contributed by atoms with E-state index < -0.39 is 0 Å². The molecule has 0 unspecified atom stereocenters. The summed E-state index contributed by atoms with van der Waals surface area (Å²) < 4.78 is 11.7. The van der Waals surface area contributed by atoms with E-state index in [2.05, 4.69) is 54.4 Å². The zero-order chi connectivity index (χ0) is 19.1. The number of nitrogens with one attached hydrogen (secondary N) is 1. The van der Waals surface area contributed by atoms with E-state index in [1.807, 2.05) is 12.1 Å². The van der Waals surface area contributed by atoms with Crippen molar-refractivity contribution in [2.75, 3.05) is 26.7 Å². The van der Waals surface area contributed by atoms with E-state index in [0.717, 1.165) is 36.7 Å². The van der Waals surface area contributed by atoms with Crippen LogP contribution in [-0.2, 0) is 13.2 Å². The van der Waals surface area contributed by atoms with Gasteiger partial charge in [-0.05, 0) is 44.5 Å². The van der Waals surface area contributed by atoms with Crippen LogP contribution < -0.4 is 14.8 Å². The predicted octanol–water partition coefficient (Wildman–Crippen LogP) is 4.16. The number of likely N-dealkylation sites (tertiary alicyclic amines) is 1. The predicted molar refractivity (Wildman–Crippen MR) is 110 cm³/mol. The molecule has 0 spiro atoms. The molecule has 1 fully saturated rings. The standard InChI is InChI=1S/C23H32N2O2/c1-4-25-13-7-11-21(25)16-24-15-20-10-6-12-22(26-3)23(20)27-17-19-9-5-8-18(2)14-19/h5-6,8-10,12,14,21,24H,4,7,11,13,15-17H2,1-3H3/t21-/m0/s1. The van der Waals surface area contributed by atoms with Gasteiger partial charge < -0.3 is 14.8 Å². The molecule has 146 valence electrons. The van der Waals surface area contributed by atoms with Crippen molar-refractivity contribution >= 4 is 0 Å². The van der Waals surface area contributed by atoms with Crippen LogP contribution in [0.3, 0.4) is 0 Å². The average molecular weight is 369 g/mol. The van der Waals surface area contributed by atoms with Crippen molar-refractivity contribution < 1.29 is 9.47 Å². The molecule has 1 N–H and O–H groups in total. The monoisotopic (exact) mass is 368 g/mol. The number of aryl methyl sites for hydroxylation is 1. The first-order valence-electron chi connectivity index (χ1n) is 10.00. The van der Waals surface area contributed by atoms with Crippen molar-refractivity contribution in [1.29, 1.82) is 0 Å². The van der Waals surface area contributed by atoms with Crippen LogP contribution in [0.5, 0.6) is 11.5 Å². The SMILES string of the molecule is CCN1CCC[C@H]1CNCc1cccc(OC)c1OCc1cccc(C)c1. The molecule has 27 heavy (non-hydrogen) atoms. The molecule has 1 heterocycles. The molecule has 0 bridgehead atoms. The molecule has 0 aromatic heterocycles. The molecule has 0 amide bonds. The second-order valence-electron chi connectivity index (χ2n) is 7.28. The summed E-state index contributed by atoms with van der Waals surface area (Å²) in [5.41, 5.74) is 3.56. The summed E-state index contributed by atoms with van der Waals surface area (Å²) in [7, 11) is 1.70. The number of methoxy groups -OCH3 is 1. The van der Waals surface area contributed by atoms with Crippen LogP contribution >= 0.6 is 0 Å². The third kappa shape index (κ3) is 5.24. The topological polar surface area (TPSA) is 33.7 Å². The van der Waals surface area contributed by atoms with Crippen LogP contribution in [0.15, 0.2) is 42.5 Å². The van der Waals surface area contributed by atoms with Gasteiger partial charge in [0, 0.05) is 24.7 Å². The van der Waals surface area contributed by atoms with Crippen LogP contribution in [-0.4, -0.2) is 37.7 Å². The van der Waals surface area contributed by atoms with E-state index in [-0.39, 0.29) is 0 Å². The van der Waals surface area contributed by atoms with Crippen molar-refractivity contribution in [3.63, 3.8) is 0 Å². The van der Waals surface area contributed by atoms with Gasteiger partial charge in [-0.1, -0.05) is 48.9 Å². The van der Waals surface area contributed by atoms with Gasteiger partial charge in [-0.25, -0.2) is 0 Å². The fraction of sp³-hybridized carbons (Fsp3) is 0.478. The molecule has 1 atom stereocenters. The molecule has 1 aliphatic heterocycles. The Morgan fingerprint density at radius 1 is 1.19 bits per heavy atom. The molecule has 0 radical (unpaired) electrons. The third-order valence-corrected chi connectivity index (χ3v) is 5.35. The molecule has 3 rings (SSSR count). The first kappa shape index (κ1) is 19.7. The van der Waals surface area contributed by atoms with Crippen LogP contribution in [0.4, 0.5) is 0 Å². The molecule has 2 aromatic rings. The van der Waals surface area contributed by atoms with Gasteiger partial charge in [-0.3, -0.25) is 4.90 Å². The van der Waals surface area contributed by atoms with Gasteiger partial charge in [0.2, 0.25) is 0 Å². The first-order chi connectivity index (χ1) is 13.2. The number of rotatable bonds is 9. The highest BCUT2D eigenvalue weighted by molar-refractivity contribution is 5.46. The smallest absolute Gasteiger partial charge is 0.166 e. The summed E-state index contributed by atoms with van der Waals surface area (Å²) in [6.45, 7) is 9.06. The van der Waals surface area contributed by atoms with Gasteiger partial charge in [0.1, 0.15) is 6.61 Å². The van der Waals surface area contributed by atoms with E-state index in [9.17, 15) is 0 Å². The van der Waals surface area contributed by atoms with Crippen LogP contribution in [0.25, 0.3) is 0 Å². The number of hydrogen-bond acceptors (Lipinski definition) is 4. The summed E-state index contributed by atoms with van der Waals surface area (Å²) in [6.07, 6.45) is 2.60. The summed E-state index contributed by atoms with van der Waals surface area (Å²) in [4.78, 5) is 2.56. The lowest BCUT2D eigenvalue weighted by atomic mass is 10.1. The van der Waals surface area contributed by atoms with Gasteiger partial charge in [-0.15, -0.1) is 0 Å². The van der Waals surface area contributed by atoms with Crippen molar-refractivity contribution in [3.05, 3.63) is 59.2 Å². The molecule has 0 saturated carbocycles. The zero-order valence-electron chi connectivity index (χ0n) is 16.8. The largest absolute Gasteiger partial charge is 0.493 e. The summed E-state index contributed by atoms with van der Waals surface area (Å²) in [5, 5.41) is 3.63. The molecule has 4 heteroatoms. The molecule has 1 saturated heterocycles. The number of benzene rings is 2. The van der Waals surface area contributed by atoms with Crippen LogP contribution in [0, 0.1) is 6.92 Å². The molecular weight excluding hydrogens is 336 g/mol.